The number of Topliss-reactive ketones (excluding diaryl/α,β-unsaturated/α-hetero) is 1. The molecule has 1 heterocycles. The Morgan fingerprint density at radius 2 is 2.15 bits per heavy atom. The van der Waals surface area contributed by atoms with Crippen molar-refractivity contribution in [3.63, 3.8) is 0 Å². The van der Waals surface area contributed by atoms with Crippen LogP contribution in [0.1, 0.15) is 26.2 Å². The molecule has 3 fully saturated rings. The van der Waals surface area contributed by atoms with E-state index in [1.807, 2.05) is 6.92 Å². The van der Waals surface area contributed by atoms with Crippen LogP contribution in [0.5, 0.6) is 0 Å². The Morgan fingerprint density at radius 1 is 1.45 bits per heavy atom. The number of carbonyl (C=O) groups excluding carboxylic acids is 2. The van der Waals surface area contributed by atoms with E-state index in [-0.39, 0.29) is 23.5 Å². The van der Waals surface area contributed by atoms with Crippen LogP contribution in [-0.2, 0) is 14.3 Å². The maximum absolute atomic E-state index is 12.0. The van der Waals surface area contributed by atoms with Crippen LogP contribution in [0, 0.1) is 23.7 Å². The molecule has 1 saturated heterocycles. The normalized spacial score (nSPS) is 47.8. The largest absolute Gasteiger partial charge is 0.459 e. The Balaban J connectivity index is 2.02. The van der Waals surface area contributed by atoms with Gasteiger partial charge in [-0.3, -0.25) is 4.79 Å². The average Bonchev–Trinajstić information content (AvgIpc) is 2.79. The van der Waals surface area contributed by atoms with E-state index in [4.69, 9.17) is 4.74 Å². The third-order valence-corrected chi connectivity index (χ3v) is 5.50. The summed E-state index contributed by atoms with van der Waals surface area (Å²) < 4.78 is 5.39. The van der Waals surface area contributed by atoms with Crippen LogP contribution in [0.2, 0.25) is 0 Å². The first-order valence-electron chi connectivity index (χ1n) is 7.15. The molecule has 3 aliphatic rings. The monoisotopic (exact) mass is 280 g/mol. The lowest BCUT2D eigenvalue weighted by molar-refractivity contribution is -0.160. The van der Waals surface area contributed by atoms with Gasteiger partial charge in [0.1, 0.15) is 11.9 Å². The fraction of sp³-hybridized carbons (Fsp3) is 0.733. The Labute approximate surface area is 117 Å². The van der Waals surface area contributed by atoms with Crippen LogP contribution in [0.4, 0.5) is 0 Å². The third-order valence-electron chi connectivity index (χ3n) is 5.50. The van der Waals surface area contributed by atoms with Gasteiger partial charge in [-0.2, -0.15) is 0 Å². The lowest BCUT2D eigenvalue weighted by Crippen LogP contribution is -2.46. The summed E-state index contributed by atoms with van der Waals surface area (Å²) in [5.74, 6) is -1.34. The van der Waals surface area contributed by atoms with E-state index in [1.165, 1.54) is 0 Å². The van der Waals surface area contributed by atoms with Gasteiger partial charge in [-0.15, -0.1) is 0 Å². The summed E-state index contributed by atoms with van der Waals surface area (Å²) in [6, 6.07) is 0. The van der Waals surface area contributed by atoms with Crippen molar-refractivity contribution in [2.45, 2.75) is 37.9 Å². The summed E-state index contributed by atoms with van der Waals surface area (Å²) in [6.07, 6.45) is 1.16. The predicted molar refractivity (Wildman–Crippen MR) is 69.5 cm³/mol. The minimum Gasteiger partial charge on any atom is -0.459 e. The van der Waals surface area contributed by atoms with Crippen molar-refractivity contribution >= 4 is 11.8 Å². The van der Waals surface area contributed by atoms with Crippen LogP contribution in [0.15, 0.2) is 12.2 Å². The number of hydrogen-bond acceptors (Lipinski definition) is 5. The van der Waals surface area contributed by atoms with E-state index >= 15 is 0 Å². The van der Waals surface area contributed by atoms with Crippen LogP contribution in [0.3, 0.4) is 0 Å². The lowest BCUT2D eigenvalue weighted by atomic mass is 9.76. The summed E-state index contributed by atoms with van der Waals surface area (Å²) in [4.78, 5) is 23.9. The van der Waals surface area contributed by atoms with E-state index in [0.29, 0.717) is 19.3 Å². The second kappa shape index (κ2) is 4.40. The predicted octanol–water partition coefficient (Wildman–Crippen LogP) is 0.443. The van der Waals surface area contributed by atoms with E-state index in [1.54, 1.807) is 0 Å². The number of hydrogen-bond donors (Lipinski definition) is 2. The molecule has 5 nitrogen and oxygen atoms in total. The van der Waals surface area contributed by atoms with Crippen molar-refractivity contribution in [1.29, 1.82) is 0 Å². The van der Waals surface area contributed by atoms with Crippen molar-refractivity contribution in [2.75, 3.05) is 6.61 Å². The zero-order chi connectivity index (χ0) is 14.7. The highest BCUT2D eigenvalue weighted by Gasteiger charge is 2.62. The van der Waals surface area contributed by atoms with E-state index in [2.05, 4.69) is 6.58 Å². The fourth-order valence-corrected chi connectivity index (χ4v) is 4.22. The second-order valence-corrected chi connectivity index (χ2v) is 6.40. The van der Waals surface area contributed by atoms with Gasteiger partial charge in [0.2, 0.25) is 0 Å². The SMILES string of the molecule is C=C1CC[C@H]2[C@H](OC(=O)[C@]2(O)CO)[C@H]2[C@H](C)C(=O)C[C@@H]12. The van der Waals surface area contributed by atoms with Gasteiger partial charge in [-0.25, -0.2) is 4.79 Å². The van der Waals surface area contributed by atoms with Crippen molar-refractivity contribution in [2.24, 2.45) is 23.7 Å². The van der Waals surface area contributed by atoms with Crippen molar-refractivity contribution in [3.8, 4) is 0 Å². The van der Waals surface area contributed by atoms with E-state index in [9.17, 15) is 19.8 Å². The number of aliphatic hydroxyl groups is 2. The number of fused-ring (bicyclic) bond motifs is 3. The standard InChI is InChI=1S/C15H20O5/c1-7-3-4-10-13(20-14(18)15(10,19)6-16)12-8(2)11(17)5-9(7)12/h8-10,12-13,16,19H,1,3-6H2,2H3/t8-,9+,10+,12+,13+,15+/m1/s1. The van der Waals surface area contributed by atoms with Crippen molar-refractivity contribution in [1.82, 2.24) is 0 Å². The number of ketones is 1. The molecule has 0 amide bonds. The molecule has 1 aliphatic heterocycles. The maximum atomic E-state index is 12.0. The summed E-state index contributed by atoms with van der Waals surface area (Å²) in [5.41, 5.74) is -0.830. The van der Waals surface area contributed by atoms with Gasteiger partial charge in [-0.05, 0) is 18.8 Å². The first-order chi connectivity index (χ1) is 9.40. The summed E-state index contributed by atoms with van der Waals surface area (Å²) in [6.45, 7) is 5.28. The molecule has 6 atom stereocenters. The molecule has 5 heteroatoms. The molecule has 0 radical (unpaired) electrons. The van der Waals surface area contributed by atoms with E-state index in [0.717, 1.165) is 5.57 Å². The summed E-state index contributed by atoms with van der Waals surface area (Å²) in [5, 5.41) is 19.8. The van der Waals surface area contributed by atoms with Gasteiger partial charge in [0.05, 0.1) is 6.61 Å². The number of allylic oxidation sites excluding steroid dienone is 1. The smallest absolute Gasteiger partial charge is 0.341 e. The van der Waals surface area contributed by atoms with Gasteiger partial charge < -0.3 is 14.9 Å². The number of carbonyl (C=O) groups is 2. The highest BCUT2D eigenvalue weighted by Crippen LogP contribution is 2.52. The molecule has 0 aromatic rings. The zero-order valence-corrected chi connectivity index (χ0v) is 11.5. The summed E-state index contributed by atoms with van der Waals surface area (Å²) in [7, 11) is 0. The van der Waals surface area contributed by atoms with Crippen molar-refractivity contribution < 1.29 is 24.5 Å². The highest BCUT2D eigenvalue weighted by molar-refractivity contribution is 5.86. The number of esters is 1. The van der Waals surface area contributed by atoms with Gasteiger partial charge >= 0.3 is 5.97 Å². The van der Waals surface area contributed by atoms with Gasteiger partial charge in [0.25, 0.3) is 0 Å². The molecular weight excluding hydrogens is 260 g/mol. The molecule has 0 aromatic heterocycles. The Bertz CT molecular complexity index is 485. The van der Waals surface area contributed by atoms with Crippen LogP contribution in [0.25, 0.3) is 0 Å². The van der Waals surface area contributed by atoms with Crippen LogP contribution < -0.4 is 0 Å². The van der Waals surface area contributed by atoms with Crippen LogP contribution >= 0.6 is 0 Å². The molecular formula is C15H20O5. The molecule has 2 aliphatic carbocycles. The van der Waals surface area contributed by atoms with Gasteiger partial charge in [0, 0.05) is 24.2 Å². The first kappa shape index (κ1) is 13.8. The van der Waals surface area contributed by atoms with Crippen molar-refractivity contribution in [3.05, 3.63) is 12.2 Å². The lowest BCUT2D eigenvalue weighted by Gasteiger charge is -2.29. The topological polar surface area (TPSA) is 83.8 Å². The minimum absolute atomic E-state index is 0.0290. The number of rotatable bonds is 1. The van der Waals surface area contributed by atoms with E-state index < -0.39 is 30.2 Å². The minimum atomic E-state index is -1.83. The zero-order valence-electron chi connectivity index (χ0n) is 11.5. The molecule has 20 heavy (non-hydrogen) atoms. The number of ether oxygens (including phenoxy) is 1. The molecule has 0 aromatic carbocycles. The van der Waals surface area contributed by atoms with Gasteiger partial charge in [-0.1, -0.05) is 19.1 Å². The third kappa shape index (κ3) is 1.63. The molecule has 0 spiro atoms. The first-order valence-corrected chi connectivity index (χ1v) is 7.15. The average molecular weight is 280 g/mol. The molecule has 2 saturated carbocycles. The Kier molecular flexibility index (Phi) is 3.03. The molecule has 0 unspecified atom stereocenters. The number of aliphatic hydroxyl groups excluding tert-OH is 1. The Hall–Kier alpha value is -1.20. The van der Waals surface area contributed by atoms with Gasteiger partial charge in [0.15, 0.2) is 5.60 Å². The molecule has 110 valence electrons. The molecule has 0 bridgehead atoms. The second-order valence-electron chi connectivity index (χ2n) is 6.40. The maximum Gasteiger partial charge on any atom is 0.341 e. The summed E-state index contributed by atoms with van der Waals surface area (Å²) >= 11 is 0. The van der Waals surface area contributed by atoms with Crippen LogP contribution in [-0.4, -0.2) is 40.3 Å². The Morgan fingerprint density at radius 3 is 2.80 bits per heavy atom. The fourth-order valence-electron chi connectivity index (χ4n) is 4.22. The quantitative estimate of drug-likeness (QED) is 0.538. The molecule has 2 N–H and O–H groups in total. The molecule has 3 rings (SSSR count). The highest BCUT2D eigenvalue weighted by atomic mass is 16.6.